The molecule has 4 bridgehead atoms. The molecule has 3 nitrogen and oxygen atoms in total. The fourth-order valence-electron chi connectivity index (χ4n) is 4.59. The van der Waals surface area contributed by atoms with Crippen molar-refractivity contribution in [1.82, 2.24) is 5.32 Å². The molecule has 0 radical (unpaired) electrons. The van der Waals surface area contributed by atoms with Crippen LogP contribution in [0.2, 0.25) is 0 Å². The molecule has 0 aromatic carbocycles. The van der Waals surface area contributed by atoms with Crippen molar-refractivity contribution in [3.05, 3.63) is 0 Å². The lowest BCUT2D eigenvalue weighted by molar-refractivity contribution is -0.125. The lowest BCUT2D eigenvalue weighted by Gasteiger charge is -2.59. The van der Waals surface area contributed by atoms with E-state index >= 15 is 0 Å². The maximum absolute atomic E-state index is 11.3. The molecule has 4 heteroatoms. The lowest BCUT2D eigenvalue weighted by Crippen LogP contribution is -2.65. The molecule has 4 fully saturated rings. The number of hydrogen-bond donors (Lipinski definition) is 2. The molecule has 0 aliphatic heterocycles. The van der Waals surface area contributed by atoms with Gasteiger partial charge >= 0.3 is 0 Å². The summed E-state index contributed by atoms with van der Waals surface area (Å²) >= 11 is 0. The Labute approximate surface area is 103 Å². The maximum atomic E-state index is 11.3. The monoisotopic (exact) mass is 244 g/mol. The molecule has 4 aliphatic rings. The number of rotatable bonds is 1. The first kappa shape index (κ1) is 12.2. The van der Waals surface area contributed by atoms with Crippen LogP contribution in [0, 0.1) is 17.8 Å². The van der Waals surface area contributed by atoms with Crippen LogP contribution in [0.25, 0.3) is 0 Å². The van der Waals surface area contributed by atoms with Gasteiger partial charge in [0.25, 0.3) is 0 Å². The van der Waals surface area contributed by atoms with Crippen molar-refractivity contribution < 1.29 is 4.79 Å². The van der Waals surface area contributed by atoms with Gasteiger partial charge in [-0.1, -0.05) is 0 Å². The van der Waals surface area contributed by atoms with Gasteiger partial charge in [-0.25, -0.2) is 0 Å². The van der Waals surface area contributed by atoms with Gasteiger partial charge in [-0.2, -0.15) is 0 Å². The average molecular weight is 245 g/mol. The van der Waals surface area contributed by atoms with E-state index in [2.05, 4.69) is 5.32 Å². The van der Waals surface area contributed by atoms with E-state index in [1.54, 1.807) is 6.92 Å². The zero-order valence-electron chi connectivity index (χ0n) is 9.74. The minimum Gasteiger partial charge on any atom is -0.351 e. The van der Waals surface area contributed by atoms with Crippen LogP contribution in [0.4, 0.5) is 0 Å². The van der Waals surface area contributed by atoms with Gasteiger partial charge in [-0.05, 0) is 49.9 Å². The van der Waals surface area contributed by atoms with Gasteiger partial charge in [0, 0.05) is 18.5 Å². The number of halogens is 1. The number of nitrogens with two attached hydrogens (primary N) is 1. The summed E-state index contributed by atoms with van der Waals surface area (Å²) in [7, 11) is 0. The summed E-state index contributed by atoms with van der Waals surface area (Å²) in [6, 6.07) is 0.406. The van der Waals surface area contributed by atoms with Crippen molar-refractivity contribution >= 4 is 18.3 Å². The second-order valence-corrected chi connectivity index (χ2v) is 6.01. The fraction of sp³-hybridized carbons (Fsp3) is 0.917. The highest BCUT2D eigenvalue weighted by Gasteiger charge is 2.54. The molecular formula is C12H21ClN2O. The van der Waals surface area contributed by atoms with Crippen LogP contribution in [0.1, 0.15) is 39.0 Å². The third-order valence-corrected chi connectivity index (χ3v) is 4.79. The Morgan fingerprint density at radius 1 is 1.25 bits per heavy atom. The highest BCUT2D eigenvalue weighted by atomic mass is 35.5. The SMILES string of the molecule is CC(=O)NC12CC3CC(C1)C(N)C(C3)C2.Cl. The Kier molecular flexibility index (Phi) is 2.96. The predicted octanol–water partition coefficient (Wildman–Crippen LogP) is 1.45. The van der Waals surface area contributed by atoms with Crippen molar-refractivity contribution in [2.24, 2.45) is 23.5 Å². The van der Waals surface area contributed by atoms with Crippen molar-refractivity contribution in [3.8, 4) is 0 Å². The van der Waals surface area contributed by atoms with Gasteiger partial charge in [0.05, 0.1) is 0 Å². The van der Waals surface area contributed by atoms with Crippen LogP contribution in [0.5, 0.6) is 0 Å². The van der Waals surface area contributed by atoms with Crippen LogP contribution < -0.4 is 11.1 Å². The molecule has 0 aromatic heterocycles. The van der Waals surface area contributed by atoms with E-state index in [4.69, 9.17) is 5.73 Å². The molecule has 2 atom stereocenters. The number of amides is 1. The van der Waals surface area contributed by atoms with Crippen molar-refractivity contribution in [3.63, 3.8) is 0 Å². The summed E-state index contributed by atoms with van der Waals surface area (Å²) in [5.74, 6) is 2.30. The van der Waals surface area contributed by atoms with Gasteiger partial charge in [0.1, 0.15) is 0 Å². The number of carbonyl (C=O) groups excluding carboxylic acids is 1. The molecule has 4 rings (SSSR count). The molecular weight excluding hydrogens is 224 g/mol. The smallest absolute Gasteiger partial charge is 0.217 e. The summed E-state index contributed by atoms with van der Waals surface area (Å²) in [6.07, 6.45) is 6.06. The molecule has 0 spiro atoms. The molecule has 0 heterocycles. The highest BCUT2D eigenvalue weighted by molar-refractivity contribution is 5.85. The van der Waals surface area contributed by atoms with Crippen LogP contribution in [0.15, 0.2) is 0 Å². The first-order chi connectivity index (χ1) is 7.08. The molecule has 2 unspecified atom stereocenters. The maximum Gasteiger partial charge on any atom is 0.217 e. The minimum atomic E-state index is 0. The zero-order chi connectivity index (χ0) is 10.6. The third-order valence-electron chi connectivity index (χ3n) is 4.79. The summed E-state index contributed by atoms with van der Waals surface area (Å²) in [6.45, 7) is 1.64. The Hall–Kier alpha value is -0.280. The summed E-state index contributed by atoms with van der Waals surface area (Å²) < 4.78 is 0. The molecule has 16 heavy (non-hydrogen) atoms. The molecule has 1 amide bonds. The van der Waals surface area contributed by atoms with Crippen LogP contribution in [-0.2, 0) is 4.79 Å². The quantitative estimate of drug-likeness (QED) is 0.734. The van der Waals surface area contributed by atoms with Gasteiger partial charge in [-0.15, -0.1) is 12.4 Å². The first-order valence-electron chi connectivity index (χ1n) is 6.12. The largest absolute Gasteiger partial charge is 0.351 e. The van der Waals surface area contributed by atoms with E-state index < -0.39 is 0 Å². The number of carbonyl (C=O) groups is 1. The molecule has 4 aliphatic carbocycles. The van der Waals surface area contributed by atoms with E-state index in [1.807, 2.05) is 0 Å². The van der Waals surface area contributed by atoms with E-state index in [0.29, 0.717) is 17.9 Å². The first-order valence-corrected chi connectivity index (χ1v) is 6.12. The fourth-order valence-corrected chi connectivity index (χ4v) is 4.59. The topological polar surface area (TPSA) is 55.1 Å². The number of nitrogens with one attached hydrogen (secondary N) is 1. The molecule has 4 saturated carbocycles. The summed E-state index contributed by atoms with van der Waals surface area (Å²) in [5.41, 5.74) is 6.37. The molecule has 3 N–H and O–H groups in total. The third kappa shape index (κ3) is 1.74. The van der Waals surface area contributed by atoms with Gasteiger partial charge < -0.3 is 11.1 Å². The Morgan fingerprint density at radius 3 is 2.31 bits per heavy atom. The standard InChI is InChI=1S/C12H20N2O.ClH/c1-7(15)14-12-4-8-2-9(5-12)11(13)10(3-8)6-12;/h8-11H,2-6,13H2,1H3,(H,14,15);1H. The highest BCUT2D eigenvalue weighted by Crippen LogP contribution is 2.55. The molecule has 0 aromatic rings. The van der Waals surface area contributed by atoms with Crippen molar-refractivity contribution in [1.29, 1.82) is 0 Å². The second-order valence-electron chi connectivity index (χ2n) is 6.01. The summed E-state index contributed by atoms with van der Waals surface area (Å²) in [5, 5.41) is 3.21. The van der Waals surface area contributed by atoms with Crippen LogP contribution in [-0.4, -0.2) is 17.5 Å². The van der Waals surface area contributed by atoms with Gasteiger partial charge in [0.15, 0.2) is 0 Å². The van der Waals surface area contributed by atoms with Crippen molar-refractivity contribution in [2.75, 3.05) is 0 Å². The lowest BCUT2D eigenvalue weighted by atomic mass is 9.51. The van der Waals surface area contributed by atoms with E-state index in [1.165, 1.54) is 19.3 Å². The Balaban J connectivity index is 0.000000963. The minimum absolute atomic E-state index is 0. The van der Waals surface area contributed by atoms with E-state index in [-0.39, 0.29) is 23.9 Å². The molecule has 92 valence electrons. The number of hydrogen-bond acceptors (Lipinski definition) is 2. The van der Waals surface area contributed by atoms with Crippen LogP contribution in [0.3, 0.4) is 0 Å². The Bertz CT molecular complexity index is 291. The second kappa shape index (κ2) is 3.88. The van der Waals surface area contributed by atoms with Crippen molar-refractivity contribution in [2.45, 2.75) is 50.6 Å². The van der Waals surface area contributed by atoms with Gasteiger partial charge in [0.2, 0.25) is 5.91 Å². The zero-order valence-corrected chi connectivity index (χ0v) is 10.6. The predicted molar refractivity (Wildman–Crippen MR) is 65.3 cm³/mol. The Morgan fingerprint density at radius 2 is 1.81 bits per heavy atom. The van der Waals surface area contributed by atoms with Gasteiger partial charge in [-0.3, -0.25) is 4.79 Å². The average Bonchev–Trinajstić information content (AvgIpc) is 2.10. The van der Waals surface area contributed by atoms with E-state index in [9.17, 15) is 4.79 Å². The van der Waals surface area contributed by atoms with E-state index in [0.717, 1.165) is 18.8 Å². The normalized spacial score (nSPS) is 48.6. The molecule has 0 saturated heterocycles. The van der Waals surface area contributed by atoms with Crippen LogP contribution >= 0.6 is 12.4 Å². The summed E-state index contributed by atoms with van der Waals surface area (Å²) in [4.78, 5) is 11.3.